The Morgan fingerprint density at radius 1 is 0.600 bits per heavy atom. The van der Waals surface area contributed by atoms with Crippen LogP contribution in [0.2, 0.25) is 10.0 Å². The number of nitrogens with one attached hydrogen (secondary N) is 1. The van der Waals surface area contributed by atoms with Crippen LogP contribution in [0, 0.1) is 0 Å². The van der Waals surface area contributed by atoms with Crippen LogP contribution >= 0.6 is 23.2 Å². The van der Waals surface area contributed by atoms with Crippen molar-refractivity contribution in [2.75, 3.05) is 39.3 Å². The highest BCUT2D eigenvalue weighted by atomic mass is 35.5. The molecule has 2 saturated carbocycles. The lowest BCUT2D eigenvalue weighted by Gasteiger charge is -2.28. The Morgan fingerprint density at radius 3 is 1.45 bits per heavy atom. The number of aliphatic carboxylic acids is 1. The average Bonchev–Trinajstić information content (AvgIpc) is 4.33. The molecular weight excluding hydrogens is 996 g/mol. The van der Waals surface area contributed by atoms with Gasteiger partial charge in [0, 0.05) is 53.8 Å². The Bertz CT molecular complexity index is 2860. The first-order valence-electron chi connectivity index (χ1n) is 25.4. The molecule has 2 aromatic heterocycles. The van der Waals surface area contributed by atoms with Gasteiger partial charge in [0.2, 0.25) is 5.78 Å². The second-order valence-electron chi connectivity index (χ2n) is 19.2. The van der Waals surface area contributed by atoms with Crippen molar-refractivity contribution in [1.82, 2.24) is 25.1 Å². The van der Waals surface area contributed by atoms with Gasteiger partial charge < -0.3 is 45.6 Å². The molecule has 1 amide bonds. The summed E-state index contributed by atoms with van der Waals surface area (Å²) in [5, 5.41) is 34.0. The van der Waals surface area contributed by atoms with Crippen molar-refractivity contribution in [2.45, 2.75) is 87.9 Å². The first kappa shape index (κ1) is 54.7. The zero-order valence-corrected chi connectivity index (χ0v) is 43.0. The number of nitrogens with two attached hydrogens (primary N) is 1. The number of pyridine rings is 2. The third-order valence-electron chi connectivity index (χ3n) is 13.3. The van der Waals surface area contributed by atoms with Crippen LogP contribution in [0.3, 0.4) is 0 Å². The minimum absolute atomic E-state index is 0.164. The van der Waals surface area contributed by atoms with Crippen LogP contribution in [0.4, 0.5) is 0 Å². The molecule has 2 saturated heterocycles. The number of carboxylic acids is 1. The summed E-state index contributed by atoms with van der Waals surface area (Å²) < 4.78 is 11.5. The maximum atomic E-state index is 13.0. The van der Waals surface area contributed by atoms with Gasteiger partial charge in [0.25, 0.3) is 11.7 Å². The first-order valence-corrected chi connectivity index (χ1v) is 26.2. The smallest absolute Gasteiger partial charge is 0.377 e. The van der Waals surface area contributed by atoms with E-state index in [0.29, 0.717) is 39.8 Å². The number of aromatic nitrogens is 2. The minimum Gasteiger partial charge on any atom is -0.489 e. The quantitative estimate of drug-likeness (QED) is 0.0379. The molecule has 0 unspecified atom stereocenters. The molecule has 4 heterocycles. The Kier molecular flexibility index (Phi) is 19.2. The van der Waals surface area contributed by atoms with E-state index >= 15 is 0 Å². The third kappa shape index (κ3) is 15.7. The third-order valence-corrected chi connectivity index (χ3v) is 13.9. The fourth-order valence-electron chi connectivity index (χ4n) is 8.77. The van der Waals surface area contributed by atoms with Crippen molar-refractivity contribution in [3.63, 3.8) is 0 Å². The van der Waals surface area contributed by atoms with E-state index in [2.05, 4.69) is 25.1 Å². The van der Waals surface area contributed by atoms with Crippen molar-refractivity contribution < 1.29 is 44.0 Å². The number of hydrogen-bond donors (Lipinski definition) is 5. The fourth-order valence-corrected chi connectivity index (χ4v) is 9.24. The van der Waals surface area contributed by atoms with Crippen molar-refractivity contribution >= 4 is 46.6 Å². The number of carboxylic acid groups (broad SMARTS) is 1. The molecule has 15 nitrogen and oxygen atoms in total. The molecule has 4 aromatic carbocycles. The van der Waals surface area contributed by atoms with Crippen LogP contribution in [0.1, 0.15) is 95.4 Å². The topological polar surface area (TPSA) is 218 Å². The number of benzene rings is 4. The summed E-state index contributed by atoms with van der Waals surface area (Å²) in [5.41, 5.74) is 11.2. The Labute approximate surface area is 446 Å². The lowest BCUT2D eigenvalue weighted by molar-refractivity contribution is -0.131. The monoisotopic (exact) mass is 1060 g/mol. The molecular formula is C58H62Cl2N6O9. The maximum absolute atomic E-state index is 13.0. The van der Waals surface area contributed by atoms with Gasteiger partial charge in [0.15, 0.2) is 0 Å². The van der Waals surface area contributed by atoms with Gasteiger partial charge in [-0.3, -0.25) is 24.4 Å². The van der Waals surface area contributed by atoms with Crippen LogP contribution in [0.25, 0.3) is 22.5 Å². The fraction of sp³-hybridized carbons (Fsp3) is 0.345. The molecule has 75 heavy (non-hydrogen) atoms. The van der Waals surface area contributed by atoms with Crippen molar-refractivity contribution in [2.24, 2.45) is 5.73 Å². The highest BCUT2D eigenvalue weighted by Gasteiger charge is 2.31. The number of Topliss-reactive ketones (excluding diaryl/α,β-unsaturated/α-hetero) is 2. The SMILES string of the molecule is N[C@H](CN1CCCC1)[C@H](O)c1ccc(OC2CC2)c(Cl)c1.O=C(N[C@H](CN1CCCC1)[C@H](O)c1ccc(OC2CC2)c(Cl)c1)C(=O)c1ccc(-c2ccccn2)cc1.O=C(O)C(=O)c1ccc(-c2ccccn2)cc1. The minimum atomic E-state index is -1.45. The van der Waals surface area contributed by atoms with Gasteiger partial charge in [0.05, 0.1) is 45.8 Å². The Hall–Kier alpha value is -6.56. The number of amides is 1. The van der Waals surface area contributed by atoms with E-state index in [1.165, 1.54) is 25.0 Å². The number of likely N-dealkylation sites (tertiary alicyclic amines) is 2. The number of aliphatic hydroxyl groups excluding tert-OH is 2. The van der Waals surface area contributed by atoms with Gasteiger partial charge in [-0.2, -0.15) is 0 Å². The summed E-state index contributed by atoms with van der Waals surface area (Å²) in [6.45, 7) is 5.08. The number of ether oxygens (including phenoxy) is 2. The van der Waals surface area contributed by atoms with Crippen LogP contribution in [0.5, 0.6) is 11.5 Å². The van der Waals surface area contributed by atoms with Crippen molar-refractivity contribution in [3.05, 3.63) is 166 Å². The molecule has 4 atom stereocenters. The summed E-state index contributed by atoms with van der Waals surface area (Å²) in [6.07, 6.45) is 11.0. The number of nitrogens with zero attached hydrogens (tertiary/aromatic N) is 4. The Balaban J connectivity index is 0.000000165. The second kappa shape index (κ2) is 26.3. The molecule has 0 bridgehead atoms. The second-order valence-corrected chi connectivity index (χ2v) is 20.0. The summed E-state index contributed by atoms with van der Waals surface area (Å²) in [5.74, 6) is -2.48. The molecule has 17 heteroatoms. The zero-order valence-electron chi connectivity index (χ0n) is 41.5. The number of rotatable bonds is 19. The largest absolute Gasteiger partial charge is 0.489 e. The predicted octanol–water partition coefficient (Wildman–Crippen LogP) is 8.79. The maximum Gasteiger partial charge on any atom is 0.377 e. The summed E-state index contributed by atoms with van der Waals surface area (Å²) in [4.78, 5) is 60.6. The molecule has 4 fully saturated rings. The van der Waals surface area contributed by atoms with Crippen LogP contribution in [0.15, 0.2) is 134 Å². The normalized spacial score (nSPS) is 17.0. The molecule has 392 valence electrons. The number of carbonyl (C=O) groups excluding carboxylic acids is 3. The van der Waals surface area contributed by atoms with E-state index in [-0.39, 0.29) is 23.3 Å². The molecule has 0 radical (unpaired) electrons. The standard InChI is InChI=1S/C29H30ClN3O4.C16H23ClN2O2.C13H9NO3/c30-23-17-21(10-13-26(23)37-22-11-12-22)27(34)25(18-33-15-3-4-16-33)32-29(36)28(35)20-8-6-19(7-9-20)24-5-1-2-14-31-24;17-13-9-11(3-6-15(13)21-12-4-5-12)16(20)14(18)10-19-7-1-2-8-19;15-12(13(16)17)10-6-4-9(5-7-10)11-3-1-2-8-14-11/h1-2,5-10,13-14,17,22,25,27,34H,3-4,11-12,15-16,18H2,(H,32,36);3,6,9,12,14,16,20H,1-2,4-5,7-8,10,18H2;1-8H,(H,16,17)/t25-,27-;14-,16-;/m11./s1. The van der Waals surface area contributed by atoms with Crippen LogP contribution in [-0.2, 0) is 9.59 Å². The molecule has 6 N–H and O–H groups in total. The summed E-state index contributed by atoms with van der Waals surface area (Å²) in [6, 6.07) is 33.9. The molecule has 10 rings (SSSR count). The van der Waals surface area contributed by atoms with Crippen LogP contribution in [-0.4, -0.2) is 122 Å². The van der Waals surface area contributed by atoms with E-state index < -0.39 is 41.7 Å². The lowest BCUT2D eigenvalue weighted by atomic mass is 10.0. The predicted molar refractivity (Wildman–Crippen MR) is 287 cm³/mol. The first-order chi connectivity index (χ1) is 36.3. The summed E-state index contributed by atoms with van der Waals surface area (Å²) in [7, 11) is 0. The lowest BCUT2D eigenvalue weighted by Crippen LogP contribution is -2.48. The number of hydrogen-bond acceptors (Lipinski definition) is 13. The van der Waals surface area contributed by atoms with Gasteiger partial charge in [-0.15, -0.1) is 0 Å². The summed E-state index contributed by atoms with van der Waals surface area (Å²) >= 11 is 12.7. The molecule has 6 aromatic rings. The van der Waals surface area contributed by atoms with E-state index in [1.807, 2.05) is 48.5 Å². The van der Waals surface area contributed by atoms with E-state index in [9.17, 15) is 29.4 Å². The van der Waals surface area contributed by atoms with Gasteiger partial charge in [-0.1, -0.05) is 96.0 Å². The van der Waals surface area contributed by atoms with Crippen LogP contribution < -0.4 is 20.5 Å². The van der Waals surface area contributed by atoms with Gasteiger partial charge in [-0.05, 0) is 137 Å². The highest BCUT2D eigenvalue weighted by Crippen LogP contribution is 2.36. The van der Waals surface area contributed by atoms with Crippen molar-refractivity contribution in [3.8, 4) is 34.0 Å². The molecule has 2 aliphatic carbocycles. The molecule has 2 aliphatic heterocycles. The highest BCUT2D eigenvalue weighted by molar-refractivity contribution is 6.43. The number of aliphatic hydroxyl groups is 2. The number of ketones is 2. The molecule has 4 aliphatic rings. The average molecular weight is 1060 g/mol. The van der Waals surface area contributed by atoms with E-state index in [1.54, 1.807) is 73.1 Å². The Morgan fingerprint density at radius 2 is 1.04 bits per heavy atom. The number of carbonyl (C=O) groups is 4. The zero-order chi connectivity index (χ0) is 52.8. The molecule has 0 spiro atoms. The van der Waals surface area contributed by atoms with Gasteiger partial charge in [-0.25, -0.2) is 4.79 Å². The van der Waals surface area contributed by atoms with Gasteiger partial charge >= 0.3 is 5.97 Å². The van der Waals surface area contributed by atoms with E-state index in [0.717, 1.165) is 99.3 Å². The van der Waals surface area contributed by atoms with Gasteiger partial charge in [0.1, 0.15) is 17.6 Å². The van der Waals surface area contributed by atoms with Crippen molar-refractivity contribution in [1.29, 1.82) is 0 Å². The van der Waals surface area contributed by atoms with E-state index in [4.69, 9.17) is 43.5 Å². The number of halogens is 2.